The van der Waals surface area contributed by atoms with Crippen LogP contribution in [0.3, 0.4) is 0 Å². The van der Waals surface area contributed by atoms with Crippen molar-refractivity contribution in [1.29, 1.82) is 0 Å². The van der Waals surface area contributed by atoms with Crippen molar-refractivity contribution < 1.29 is 30.8 Å². The first kappa shape index (κ1) is 25.2. The molecule has 0 saturated carbocycles. The van der Waals surface area contributed by atoms with E-state index in [-0.39, 0.29) is 55.5 Å². The third-order valence-corrected chi connectivity index (χ3v) is 9.18. The van der Waals surface area contributed by atoms with Crippen molar-refractivity contribution in [3.63, 3.8) is 0 Å². The minimum Gasteiger partial charge on any atom is -0.379 e. The Bertz CT molecular complexity index is 1220. The third-order valence-electron chi connectivity index (χ3n) is 5.22. The monoisotopic (exact) mass is 499 g/mol. The predicted molar refractivity (Wildman–Crippen MR) is 120 cm³/mol. The standard InChI is InChI=1S/C21H26FN3O6S2/c1-3-24(4-2)32(27,28)18-7-5-6-16(14-18)21(26)23-17-8-9-19(22)20(15-17)33(29,30)25-10-12-31-13-11-25/h5-9,14-15H,3-4,10-13H2,1-2H3,(H,23,26). The Hall–Kier alpha value is -2.38. The van der Waals surface area contributed by atoms with E-state index in [0.29, 0.717) is 0 Å². The molecule has 1 aliphatic rings. The molecule has 0 radical (unpaired) electrons. The molecule has 9 nitrogen and oxygen atoms in total. The van der Waals surface area contributed by atoms with Gasteiger partial charge in [-0.25, -0.2) is 21.2 Å². The van der Waals surface area contributed by atoms with E-state index in [4.69, 9.17) is 4.74 Å². The van der Waals surface area contributed by atoms with Gasteiger partial charge in [-0.05, 0) is 36.4 Å². The zero-order chi connectivity index (χ0) is 24.2. The molecule has 1 saturated heterocycles. The van der Waals surface area contributed by atoms with Gasteiger partial charge in [0.1, 0.15) is 10.7 Å². The second-order valence-corrected chi connectivity index (χ2v) is 11.1. The quantitative estimate of drug-likeness (QED) is 0.595. The SMILES string of the molecule is CCN(CC)S(=O)(=O)c1cccc(C(=O)Nc2ccc(F)c(S(=O)(=O)N3CCOCC3)c2)c1. The van der Waals surface area contributed by atoms with E-state index in [1.54, 1.807) is 13.8 Å². The van der Waals surface area contributed by atoms with E-state index < -0.39 is 36.7 Å². The van der Waals surface area contributed by atoms with Crippen LogP contribution in [0.4, 0.5) is 10.1 Å². The molecule has 1 N–H and O–H groups in total. The van der Waals surface area contributed by atoms with Crippen LogP contribution in [0, 0.1) is 5.82 Å². The summed E-state index contributed by atoms with van der Waals surface area (Å²) in [7, 11) is -7.88. The van der Waals surface area contributed by atoms with Crippen LogP contribution < -0.4 is 5.32 Å². The van der Waals surface area contributed by atoms with Crippen molar-refractivity contribution in [1.82, 2.24) is 8.61 Å². The highest BCUT2D eigenvalue weighted by molar-refractivity contribution is 7.89. The smallest absolute Gasteiger partial charge is 0.255 e. The Labute approximate surface area is 193 Å². The van der Waals surface area contributed by atoms with Gasteiger partial charge in [-0.1, -0.05) is 19.9 Å². The summed E-state index contributed by atoms with van der Waals surface area (Å²) in [5.74, 6) is -1.60. The number of morpholine rings is 1. The second kappa shape index (κ2) is 10.3. The fraction of sp³-hybridized carbons (Fsp3) is 0.381. The first-order chi connectivity index (χ1) is 15.6. The Morgan fingerprint density at radius 2 is 1.73 bits per heavy atom. The van der Waals surface area contributed by atoms with Gasteiger partial charge < -0.3 is 10.1 Å². The van der Waals surface area contributed by atoms with Gasteiger partial charge in [0.25, 0.3) is 5.91 Å². The molecule has 0 spiro atoms. The lowest BCUT2D eigenvalue weighted by atomic mass is 10.2. The molecule has 0 atom stereocenters. The number of amides is 1. The second-order valence-electron chi connectivity index (χ2n) is 7.23. The molecule has 0 bridgehead atoms. The Balaban J connectivity index is 1.86. The maximum absolute atomic E-state index is 14.4. The number of anilines is 1. The number of sulfonamides is 2. The third kappa shape index (κ3) is 5.41. The largest absolute Gasteiger partial charge is 0.379 e. The van der Waals surface area contributed by atoms with Gasteiger partial charge >= 0.3 is 0 Å². The number of ether oxygens (including phenoxy) is 1. The van der Waals surface area contributed by atoms with Crippen molar-refractivity contribution in [2.75, 3.05) is 44.7 Å². The highest BCUT2D eigenvalue weighted by atomic mass is 32.2. The number of benzene rings is 2. The van der Waals surface area contributed by atoms with E-state index >= 15 is 0 Å². The van der Waals surface area contributed by atoms with Crippen LogP contribution in [0.2, 0.25) is 0 Å². The van der Waals surface area contributed by atoms with Crippen molar-refractivity contribution in [3.8, 4) is 0 Å². The fourth-order valence-corrected chi connectivity index (χ4v) is 6.42. The molecule has 3 rings (SSSR count). The van der Waals surface area contributed by atoms with Crippen molar-refractivity contribution in [2.45, 2.75) is 23.6 Å². The average Bonchev–Trinajstić information content (AvgIpc) is 2.81. The highest BCUT2D eigenvalue weighted by Crippen LogP contribution is 2.25. The Morgan fingerprint density at radius 1 is 1.06 bits per heavy atom. The maximum atomic E-state index is 14.4. The predicted octanol–water partition coefficient (Wildman–Crippen LogP) is 2.13. The van der Waals surface area contributed by atoms with Crippen molar-refractivity contribution in [2.24, 2.45) is 0 Å². The van der Waals surface area contributed by atoms with E-state index in [1.165, 1.54) is 34.6 Å². The summed E-state index contributed by atoms with van der Waals surface area (Å²) in [6.07, 6.45) is 0. The average molecular weight is 500 g/mol. The minimum absolute atomic E-state index is 0.0338. The van der Waals surface area contributed by atoms with E-state index in [1.807, 2.05) is 0 Å². The molecule has 12 heteroatoms. The van der Waals surface area contributed by atoms with Gasteiger partial charge in [-0.2, -0.15) is 8.61 Å². The normalized spacial score (nSPS) is 15.5. The molecule has 1 aliphatic heterocycles. The number of hydrogen-bond acceptors (Lipinski definition) is 6. The number of carbonyl (C=O) groups excluding carboxylic acids is 1. The zero-order valence-corrected chi connectivity index (χ0v) is 20.0. The van der Waals surface area contributed by atoms with Crippen molar-refractivity contribution in [3.05, 3.63) is 53.8 Å². The summed E-state index contributed by atoms with van der Waals surface area (Å²) in [6.45, 7) is 4.63. The van der Waals surface area contributed by atoms with Crippen LogP contribution in [-0.4, -0.2) is 70.7 Å². The summed E-state index contributed by atoms with van der Waals surface area (Å²) in [6, 6.07) is 8.78. The Morgan fingerprint density at radius 3 is 2.36 bits per heavy atom. The number of nitrogens with zero attached hydrogens (tertiary/aromatic N) is 2. The molecule has 33 heavy (non-hydrogen) atoms. The van der Waals surface area contributed by atoms with Gasteiger partial charge in [0, 0.05) is 37.4 Å². The van der Waals surface area contributed by atoms with Crippen LogP contribution in [0.25, 0.3) is 0 Å². The molecular weight excluding hydrogens is 473 g/mol. The van der Waals surface area contributed by atoms with Gasteiger partial charge in [-0.15, -0.1) is 0 Å². The van der Waals surface area contributed by atoms with E-state index in [2.05, 4.69) is 5.32 Å². The lowest BCUT2D eigenvalue weighted by Gasteiger charge is -2.26. The van der Waals surface area contributed by atoms with Crippen molar-refractivity contribution >= 4 is 31.6 Å². The van der Waals surface area contributed by atoms with Crippen LogP contribution in [0.5, 0.6) is 0 Å². The first-order valence-electron chi connectivity index (χ1n) is 10.4. The van der Waals surface area contributed by atoms with Gasteiger partial charge in [0.05, 0.1) is 18.1 Å². The summed E-state index contributed by atoms with van der Waals surface area (Å²) >= 11 is 0. The molecule has 2 aromatic carbocycles. The van der Waals surface area contributed by atoms with Crippen LogP contribution in [0.1, 0.15) is 24.2 Å². The maximum Gasteiger partial charge on any atom is 0.255 e. The van der Waals surface area contributed by atoms with Crippen LogP contribution in [-0.2, 0) is 24.8 Å². The molecule has 0 aliphatic carbocycles. The zero-order valence-electron chi connectivity index (χ0n) is 18.3. The van der Waals surface area contributed by atoms with Gasteiger partial charge in [0.15, 0.2) is 0 Å². The summed E-state index contributed by atoms with van der Waals surface area (Å²) in [5, 5.41) is 2.52. The number of nitrogens with one attached hydrogen (secondary N) is 1. The minimum atomic E-state index is -4.11. The highest BCUT2D eigenvalue weighted by Gasteiger charge is 2.29. The molecule has 1 heterocycles. The molecule has 0 unspecified atom stereocenters. The lowest BCUT2D eigenvalue weighted by molar-refractivity contribution is 0.0729. The first-order valence-corrected chi connectivity index (χ1v) is 13.3. The molecule has 180 valence electrons. The molecular formula is C21H26FN3O6S2. The molecule has 2 aromatic rings. The molecule has 1 amide bonds. The summed E-state index contributed by atoms with van der Waals surface area (Å²) in [4.78, 5) is 12.2. The fourth-order valence-electron chi connectivity index (χ4n) is 3.42. The number of rotatable bonds is 8. The number of carbonyl (C=O) groups is 1. The van der Waals surface area contributed by atoms with E-state index in [9.17, 15) is 26.0 Å². The molecule has 0 aromatic heterocycles. The van der Waals surface area contributed by atoms with Crippen LogP contribution in [0.15, 0.2) is 52.3 Å². The number of halogens is 1. The summed E-state index contributed by atoms with van der Waals surface area (Å²) < 4.78 is 73.1. The number of hydrogen-bond donors (Lipinski definition) is 1. The molecule has 1 fully saturated rings. The van der Waals surface area contributed by atoms with Crippen LogP contribution >= 0.6 is 0 Å². The van der Waals surface area contributed by atoms with E-state index in [0.717, 1.165) is 16.4 Å². The lowest BCUT2D eigenvalue weighted by Crippen LogP contribution is -2.40. The Kier molecular flexibility index (Phi) is 7.85. The van der Waals surface area contributed by atoms with Gasteiger partial charge in [-0.3, -0.25) is 4.79 Å². The van der Waals surface area contributed by atoms with Gasteiger partial charge in [0.2, 0.25) is 20.0 Å². The summed E-state index contributed by atoms with van der Waals surface area (Å²) in [5.41, 5.74) is 0.121. The topological polar surface area (TPSA) is 113 Å².